The van der Waals surface area contributed by atoms with Gasteiger partial charge in [-0.25, -0.2) is 4.98 Å². The summed E-state index contributed by atoms with van der Waals surface area (Å²) in [6.45, 7) is 0. The molecule has 0 unspecified atom stereocenters. The summed E-state index contributed by atoms with van der Waals surface area (Å²) in [5.41, 5.74) is 6.43. The van der Waals surface area contributed by atoms with Crippen molar-refractivity contribution in [3.8, 4) is 0 Å². The highest BCUT2D eigenvalue weighted by molar-refractivity contribution is 9.10. The smallest absolute Gasteiger partial charge is 0.312 e. The summed E-state index contributed by atoms with van der Waals surface area (Å²) in [4.78, 5) is 14.4. The monoisotopic (exact) mass is 342 g/mol. The molecule has 0 bridgehead atoms. The number of anilines is 3. The molecule has 0 aliphatic heterocycles. The second-order valence-electron chi connectivity index (χ2n) is 3.64. The lowest BCUT2D eigenvalue weighted by Crippen LogP contribution is -2.00. The lowest BCUT2D eigenvalue weighted by atomic mass is 10.2. The van der Waals surface area contributed by atoms with Crippen LogP contribution in [-0.2, 0) is 0 Å². The molecule has 0 amide bonds. The first-order valence-corrected chi connectivity index (χ1v) is 6.26. The highest BCUT2D eigenvalue weighted by atomic mass is 79.9. The second kappa shape index (κ2) is 5.41. The Morgan fingerprint density at radius 1 is 1.42 bits per heavy atom. The third-order valence-corrected chi connectivity index (χ3v) is 3.04. The summed E-state index contributed by atoms with van der Waals surface area (Å²) in [6.07, 6.45) is 1.45. The maximum atomic E-state index is 11.0. The van der Waals surface area contributed by atoms with Gasteiger partial charge in [-0.3, -0.25) is 10.1 Å². The molecule has 0 aliphatic carbocycles. The molecule has 1 heterocycles. The third-order valence-electron chi connectivity index (χ3n) is 2.27. The zero-order valence-corrected chi connectivity index (χ0v) is 11.8. The third kappa shape index (κ3) is 3.12. The van der Waals surface area contributed by atoms with E-state index in [9.17, 15) is 10.1 Å². The maximum Gasteiger partial charge on any atom is 0.312 e. The van der Waals surface area contributed by atoms with Crippen molar-refractivity contribution in [2.45, 2.75) is 0 Å². The molecule has 3 N–H and O–H groups in total. The molecule has 0 fully saturated rings. The van der Waals surface area contributed by atoms with Gasteiger partial charge in [-0.2, -0.15) is 0 Å². The number of rotatable bonds is 3. The van der Waals surface area contributed by atoms with E-state index in [0.717, 1.165) is 0 Å². The fraction of sp³-hybridized carbons (Fsp3) is 0. The van der Waals surface area contributed by atoms with Gasteiger partial charge in [0.25, 0.3) is 0 Å². The number of nitrogen functional groups attached to an aromatic ring is 1. The van der Waals surface area contributed by atoms with Crippen LogP contribution in [0.5, 0.6) is 0 Å². The summed E-state index contributed by atoms with van der Waals surface area (Å²) in [6, 6.07) is 6.17. The van der Waals surface area contributed by atoms with Crippen LogP contribution in [0.25, 0.3) is 0 Å². The molecule has 0 atom stereocenters. The van der Waals surface area contributed by atoms with E-state index >= 15 is 0 Å². The Morgan fingerprint density at radius 3 is 2.84 bits per heavy atom. The van der Waals surface area contributed by atoms with Gasteiger partial charge in [0.05, 0.1) is 15.6 Å². The van der Waals surface area contributed by atoms with Gasteiger partial charge in [0.1, 0.15) is 0 Å². The van der Waals surface area contributed by atoms with Crippen molar-refractivity contribution in [1.29, 1.82) is 0 Å². The Morgan fingerprint density at radius 2 is 2.16 bits per heavy atom. The van der Waals surface area contributed by atoms with Gasteiger partial charge >= 0.3 is 5.69 Å². The highest BCUT2D eigenvalue weighted by Crippen LogP contribution is 2.32. The number of benzene rings is 1. The first kappa shape index (κ1) is 13.6. The number of nitrogens with zero attached hydrogens (tertiary/aromatic N) is 2. The molecule has 2 rings (SSSR count). The lowest BCUT2D eigenvalue weighted by Gasteiger charge is -2.08. The van der Waals surface area contributed by atoms with Crippen molar-refractivity contribution in [3.63, 3.8) is 0 Å². The summed E-state index contributed by atoms with van der Waals surface area (Å²) in [5.74, 6) is 0.0979. The van der Waals surface area contributed by atoms with E-state index in [1.165, 1.54) is 12.3 Å². The van der Waals surface area contributed by atoms with Crippen molar-refractivity contribution in [3.05, 3.63) is 50.1 Å². The number of nitrogens with two attached hydrogens (primary N) is 1. The standard InChI is InChI=1S/C11H8BrClN4O2/c12-6-3-10(17(18)19)11(15-5-6)16-9-4-7(14)1-2-8(9)13/h1-5H,14H2,(H,15,16). The van der Waals surface area contributed by atoms with Crippen LogP contribution in [0, 0.1) is 10.1 Å². The van der Waals surface area contributed by atoms with Crippen molar-refractivity contribution in [2.24, 2.45) is 0 Å². The van der Waals surface area contributed by atoms with E-state index in [4.69, 9.17) is 17.3 Å². The Balaban J connectivity index is 2.43. The number of aromatic nitrogens is 1. The van der Waals surface area contributed by atoms with Crippen LogP contribution in [-0.4, -0.2) is 9.91 Å². The molecule has 98 valence electrons. The molecule has 0 saturated carbocycles. The molecule has 8 heteroatoms. The molecule has 6 nitrogen and oxygen atoms in total. The zero-order valence-electron chi connectivity index (χ0n) is 9.43. The van der Waals surface area contributed by atoms with Gasteiger partial charge in [-0.15, -0.1) is 0 Å². The largest absolute Gasteiger partial charge is 0.399 e. The van der Waals surface area contributed by atoms with E-state index in [0.29, 0.717) is 20.9 Å². The maximum absolute atomic E-state index is 11.0. The summed E-state index contributed by atoms with van der Waals surface area (Å²) >= 11 is 9.12. The van der Waals surface area contributed by atoms with Gasteiger partial charge in [0.2, 0.25) is 5.82 Å². The predicted molar refractivity (Wildman–Crippen MR) is 77.7 cm³/mol. The topological polar surface area (TPSA) is 94.1 Å². The Kier molecular flexibility index (Phi) is 3.87. The molecule has 0 saturated heterocycles. The molecule has 0 spiro atoms. The predicted octanol–water partition coefficient (Wildman–Crippen LogP) is 3.73. The Hall–Kier alpha value is -1.86. The Bertz CT molecular complexity index is 651. The Labute approximate surface area is 121 Å². The van der Waals surface area contributed by atoms with Crippen LogP contribution < -0.4 is 11.1 Å². The van der Waals surface area contributed by atoms with Gasteiger partial charge < -0.3 is 11.1 Å². The number of halogens is 2. The second-order valence-corrected chi connectivity index (χ2v) is 4.97. The molecule has 0 aliphatic rings. The van der Waals surface area contributed by atoms with Crippen LogP contribution in [0.2, 0.25) is 5.02 Å². The van der Waals surface area contributed by atoms with Crippen molar-refractivity contribution in [2.75, 3.05) is 11.1 Å². The molecule has 19 heavy (non-hydrogen) atoms. The molecule has 2 aromatic rings. The van der Waals surface area contributed by atoms with Crippen molar-refractivity contribution < 1.29 is 4.92 Å². The SMILES string of the molecule is Nc1ccc(Cl)c(Nc2ncc(Br)cc2[N+](=O)[O-])c1. The fourth-order valence-corrected chi connectivity index (χ4v) is 1.91. The lowest BCUT2D eigenvalue weighted by molar-refractivity contribution is -0.384. The average molecular weight is 344 g/mol. The van der Waals surface area contributed by atoms with Crippen molar-refractivity contribution >= 4 is 50.4 Å². The zero-order chi connectivity index (χ0) is 14.0. The number of nitrogens with one attached hydrogen (secondary N) is 1. The quantitative estimate of drug-likeness (QED) is 0.503. The minimum absolute atomic E-state index is 0.0979. The molecular weight excluding hydrogens is 336 g/mol. The van der Waals surface area contributed by atoms with Gasteiger partial charge in [0.15, 0.2) is 0 Å². The van der Waals surface area contributed by atoms with Gasteiger partial charge in [0, 0.05) is 22.4 Å². The molecule has 0 radical (unpaired) electrons. The van der Waals surface area contributed by atoms with Crippen molar-refractivity contribution in [1.82, 2.24) is 4.98 Å². The van der Waals surface area contributed by atoms with E-state index < -0.39 is 4.92 Å². The van der Waals surface area contributed by atoms with Gasteiger partial charge in [-0.05, 0) is 34.1 Å². The van der Waals surface area contributed by atoms with Crippen LogP contribution >= 0.6 is 27.5 Å². The first-order valence-electron chi connectivity index (χ1n) is 5.09. The molecular formula is C11H8BrClN4O2. The highest BCUT2D eigenvalue weighted by Gasteiger charge is 2.17. The van der Waals surface area contributed by atoms with E-state index in [1.807, 2.05) is 0 Å². The minimum atomic E-state index is -0.527. The molecule has 1 aromatic carbocycles. The summed E-state index contributed by atoms with van der Waals surface area (Å²) in [5, 5.41) is 14.2. The first-order chi connectivity index (χ1) is 8.97. The van der Waals surface area contributed by atoms with Crippen LogP contribution in [0.3, 0.4) is 0 Å². The number of hydrogen-bond donors (Lipinski definition) is 2. The normalized spacial score (nSPS) is 10.2. The minimum Gasteiger partial charge on any atom is -0.399 e. The summed E-state index contributed by atoms with van der Waals surface area (Å²) in [7, 11) is 0. The molecule has 1 aromatic heterocycles. The van der Waals surface area contributed by atoms with E-state index in [-0.39, 0.29) is 11.5 Å². The summed E-state index contributed by atoms with van der Waals surface area (Å²) < 4.78 is 0.517. The van der Waals surface area contributed by atoms with Crippen LogP contribution in [0.4, 0.5) is 22.9 Å². The number of pyridine rings is 1. The van der Waals surface area contributed by atoms with Crippen LogP contribution in [0.15, 0.2) is 34.9 Å². The van der Waals surface area contributed by atoms with Gasteiger partial charge in [-0.1, -0.05) is 11.6 Å². The number of hydrogen-bond acceptors (Lipinski definition) is 5. The van der Waals surface area contributed by atoms with Crippen LogP contribution in [0.1, 0.15) is 0 Å². The van der Waals surface area contributed by atoms with E-state index in [1.54, 1.807) is 18.2 Å². The van der Waals surface area contributed by atoms with E-state index in [2.05, 4.69) is 26.2 Å². The fourth-order valence-electron chi connectivity index (χ4n) is 1.43. The average Bonchev–Trinajstić information content (AvgIpc) is 2.35. The number of nitro groups is 1.